The van der Waals surface area contributed by atoms with E-state index in [0.29, 0.717) is 18.4 Å². The zero-order valence-electron chi connectivity index (χ0n) is 11.5. The third-order valence-corrected chi connectivity index (χ3v) is 4.16. The first-order valence-corrected chi connectivity index (χ1v) is 7.88. The largest absolute Gasteiger partial charge is 0.325 e. The topological polar surface area (TPSA) is 32.3 Å². The van der Waals surface area contributed by atoms with Crippen LogP contribution in [-0.2, 0) is 4.79 Å². The van der Waals surface area contributed by atoms with Crippen LogP contribution in [0.5, 0.6) is 0 Å². The van der Waals surface area contributed by atoms with E-state index < -0.39 is 0 Å². The highest BCUT2D eigenvalue weighted by Crippen LogP contribution is 2.20. The number of benzene rings is 1. The Kier molecular flexibility index (Phi) is 5.21. The molecule has 4 heteroatoms. The van der Waals surface area contributed by atoms with Crippen molar-refractivity contribution in [1.82, 2.24) is 4.90 Å². The average Bonchev–Trinajstić information content (AvgIpc) is 2.30. The number of carbonyl (C=O) groups is 1. The second-order valence-electron chi connectivity index (χ2n) is 5.70. The van der Waals surface area contributed by atoms with Crippen molar-refractivity contribution in [2.75, 3.05) is 25.0 Å². The number of rotatable bonds is 3. The zero-order valence-corrected chi connectivity index (χ0v) is 13.7. The number of anilines is 1. The summed E-state index contributed by atoms with van der Waals surface area (Å²) >= 11 is 2.26. The lowest BCUT2D eigenvalue weighted by atomic mass is 9.92. The second-order valence-corrected chi connectivity index (χ2v) is 6.94. The van der Waals surface area contributed by atoms with Gasteiger partial charge in [0.25, 0.3) is 0 Å². The van der Waals surface area contributed by atoms with Gasteiger partial charge in [-0.05, 0) is 65.1 Å². The Bertz CT molecular complexity index is 422. The molecule has 1 aromatic rings. The molecule has 0 spiro atoms. The molecule has 1 saturated heterocycles. The van der Waals surface area contributed by atoms with Crippen LogP contribution >= 0.6 is 22.6 Å². The van der Waals surface area contributed by atoms with Crippen molar-refractivity contribution in [3.8, 4) is 0 Å². The number of nitrogens with zero attached hydrogens (tertiary/aromatic N) is 1. The summed E-state index contributed by atoms with van der Waals surface area (Å²) in [5.74, 6) is 1.47. The van der Waals surface area contributed by atoms with Crippen molar-refractivity contribution in [2.24, 2.45) is 11.8 Å². The van der Waals surface area contributed by atoms with Gasteiger partial charge in [-0.2, -0.15) is 0 Å². The van der Waals surface area contributed by atoms with Crippen molar-refractivity contribution >= 4 is 34.2 Å². The average molecular weight is 372 g/mol. The van der Waals surface area contributed by atoms with E-state index in [1.165, 1.54) is 9.99 Å². The fraction of sp³-hybridized carbons (Fsp3) is 0.533. The number of carbonyl (C=O) groups excluding carboxylic acids is 1. The van der Waals surface area contributed by atoms with Crippen LogP contribution < -0.4 is 5.32 Å². The molecule has 3 nitrogen and oxygen atoms in total. The molecule has 0 bridgehead atoms. The molecule has 1 aromatic carbocycles. The van der Waals surface area contributed by atoms with Crippen LogP contribution in [0.15, 0.2) is 24.3 Å². The van der Waals surface area contributed by atoms with Gasteiger partial charge in [0.1, 0.15) is 0 Å². The summed E-state index contributed by atoms with van der Waals surface area (Å²) in [5.41, 5.74) is 0.878. The number of amides is 1. The predicted molar refractivity (Wildman–Crippen MR) is 87.2 cm³/mol. The van der Waals surface area contributed by atoms with Crippen LogP contribution in [0.1, 0.15) is 20.3 Å². The molecule has 0 unspecified atom stereocenters. The molecular formula is C15H21IN2O. The number of hydrogen-bond acceptors (Lipinski definition) is 2. The van der Waals surface area contributed by atoms with E-state index in [1.54, 1.807) is 0 Å². The van der Waals surface area contributed by atoms with Crippen molar-refractivity contribution in [3.05, 3.63) is 27.8 Å². The van der Waals surface area contributed by atoms with Crippen LogP contribution in [0.25, 0.3) is 0 Å². The summed E-state index contributed by atoms with van der Waals surface area (Å²) in [6.45, 7) is 7.09. The Balaban J connectivity index is 1.85. The van der Waals surface area contributed by atoms with Crippen molar-refractivity contribution < 1.29 is 4.79 Å². The van der Waals surface area contributed by atoms with Gasteiger partial charge in [0.05, 0.1) is 6.54 Å². The lowest BCUT2D eigenvalue weighted by Gasteiger charge is -2.34. The number of halogens is 1. The van der Waals surface area contributed by atoms with Crippen LogP contribution in [0, 0.1) is 15.4 Å². The lowest BCUT2D eigenvalue weighted by molar-refractivity contribution is -0.117. The fourth-order valence-corrected chi connectivity index (χ4v) is 3.22. The maximum Gasteiger partial charge on any atom is 0.238 e. The monoisotopic (exact) mass is 372 g/mol. The van der Waals surface area contributed by atoms with Crippen LogP contribution in [0.3, 0.4) is 0 Å². The molecule has 0 aromatic heterocycles. The summed E-state index contributed by atoms with van der Waals surface area (Å²) in [6, 6.07) is 7.89. The number of likely N-dealkylation sites (tertiary alicyclic amines) is 1. The maximum absolute atomic E-state index is 12.0. The Hall–Kier alpha value is -0.620. The molecule has 1 N–H and O–H groups in total. The minimum absolute atomic E-state index is 0.0857. The highest BCUT2D eigenvalue weighted by Gasteiger charge is 2.23. The summed E-state index contributed by atoms with van der Waals surface area (Å²) in [4.78, 5) is 14.3. The maximum atomic E-state index is 12.0. The molecule has 1 aliphatic heterocycles. The number of nitrogens with one attached hydrogen (secondary N) is 1. The first-order valence-electron chi connectivity index (χ1n) is 6.80. The van der Waals surface area contributed by atoms with E-state index in [9.17, 15) is 4.79 Å². The molecule has 2 atom stereocenters. The molecule has 2 rings (SSSR count). The Morgan fingerprint density at radius 2 is 1.84 bits per heavy atom. The Morgan fingerprint density at radius 1 is 1.26 bits per heavy atom. The van der Waals surface area contributed by atoms with Crippen molar-refractivity contribution in [3.63, 3.8) is 0 Å². The molecule has 1 heterocycles. The van der Waals surface area contributed by atoms with E-state index in [1.807, 2.05) is 24.3 Å². The first-order chi connectivity index (χ1) is 9.02. The van der Waals surface area contributed by atoms with Gasteiger partial charge < -0.3 is 5.32 Å². The fourth-order valence-electron chi connectivity index (χ4n) is 2.86. The lowest BCUT2D eigenvalue weighted by Crippen LogP contribution is -2.42. The van der Waals surface area contributed by atoms with E-state index in [2.05, 4.69) is 46.7 Å². The highest BCUT2D eigenvalue weighted by atomic mass is 127. The Morgan fingerprint density at radius 3 is 2.42 bits per heavy atom. The normalized spacial score (nSPS) is 24.2. The molecular weight excluding hydrogens is 351 g/mol. The summed E-state index contributed by atoms with van der Waals surface area (Å²) in [5, 5.41) is 2.96. The second kappa shape index (κ2) is 6.70. The molecule has 1 aliphatic rings. The third kappa shape index (κ3) is 4.76. The van der Waals surface area contributed by atoms with Gasteiger partial charge >= 0.3 is 0 Å². The molecule has 0 saturated carbocycles. The molecule has 0 aliphatic carbocycles. The minimum Gasteiger partial charge on any atom is -0.325 e. The molecule has 1 amide bonds. The smallest absolute Gasteiger partial charge is 0.238 e. The van der Waals surface area contributed by atoms with Crippen LogP contribution in [0.4, 0.5) is 5.69 Å². The van der Waals surface area contributed by atoms with Gasteiger partial charge in [-0.15, -0.1) is 0 Å². The van der Waals surface area contributed by atoms with Gasteiger partial charge in [0.2, 0.25) is 5.91 Å². The number of piperidine rings is 1. The van der Waals surface area contributed by atoms with Crippen molar-refractivity contribution in [2.45, 2.75) is 20.3 Å². The van der Waals surface area contributed by atoms with E-state index in [-0.39, 0.29) is 5.91 Å². The van der Waals surface area contributed by atoms with Gasteiger partial charge in [0, 0.05) is 22.3 Å². The highest BCUT2D eigenvalue weighted by molar-refractivity contribution is 14.1. The first kappa shape index (κ1) is 14.8. The summed E-state index contributed by atoms with van der Waals surface area (Å²) in [6.07, 6.45) is 1.27. The standard InChI is InChI=1S/C15H21IN2O/c1-11-7-12(2)9-18(8-11)10-15(19)17-14-5-3-13(16)4-6-14/h3-6,11-12H,7-10H2,1-2H3,(H,17,19)/t11-,12-/m1/s1. The molecule has 19 heavy (non-hydrogen) atoms. The molecule has 1 fully saturated rings. The van der Waals surface area contributed by atoms with Gasteiger partial charge in [0.15, 0.2) is 0 Å². The molecule has 104 valence electrons. The Labute approximate surface area is 128 Å². The van der Waals surface area contributed by atoms with Crippen LogP contribution in [-0.4, -0.2) is 30.4 Å². The third-order valence-electron chi connectivity index (χ3n) is 3.44. The quantitative estimate of drug-likeness (QED) is 0.827. The van der Waals surface area contributed by atoms with E-state index >= 15 is 0 Å². The zero-order chi connectivity index (χ0) is 13.8. The van der Waals surface area contributed by atoms with Crippen LogP contribution in [0.2, 0.25) is 0 Å². The minimum atomic E-state index is 0.0857. The van der Waals surface area contributed by atoms with Crippen molar-refractivity contribution in [1.29, 1.82) is 0 Å². The predicted octanol–water partition coefficient (Wildman–Crippen LogP) is 3.21. The van der Waals surface area contributed by atoms with Gasteiger partial charge in [-0.3, -0.25) is 9.69 Å². The van der Waals surface area contributed by atoms with E-state index in [0.717, 1.165) is 18.8 Å². The molecule has 0 radical (unpaired) electrons. The summed E-state index contributed by atoms with van der Waals surface area (Å²) in [7, 11) is 0. The summed E-state index contributed by atoms with van der Waals surface area (Å²) < 4.78 is 1.18. The van der Waals surface area contributed by atoms with E-state index in [4.69, 9.17) is 0 Å². The number of hydrogen-bond donors (Lipinski definition) is 1. The SMILES string of the molecule is C[C@@H]1C[C@@H](C)CN(CC(=O)Nc2ccc(I)cc2)C1. The van der Waals surface area contributed by atoms with Gasteiger partial charge in [-0.1, -0.05) is 13.8 Å². The van der Waals surface area contributed by atoms with Gasteiger partial charge in [-0.25, -0.2) is 0 Å².